The van der Waals surface area contributed by atoms with Gasteiger partial charge in [0, 0.05) is 10.6 Å². The van der Waals surface area contributed by atoms with E-state index in [1.165, 1.54) is 0 Å². The van der Waals surface area contributed by atoms with E-state index < -0.39 is 11.7 Å². The van der Waals surface area contributed by atoms with Crippen LogP contribution in [0.4, 0.5) is 4.79 Å². The Bertz CT molecular complexity index is 521. The van der Waals surface area contributed by atoms with E-state index >= 15 is 0 Å². The van der Waals surface area contributed by atoms with Crippen LogP contribution in [-0.4, -0.2) is 18.2 Å². The van der Waals surface area contributed by atoms with E-state index in [0.717, 1.165) is 16.1 Å². The lowest BCUT2D eigenvalue weighted by atomic mass is 10.1. The van der Waals surface area contributed by atoms with Crippen molar-refractivity contribution in [1.82, 2.24) is 5.32 Å². The SMILES string of the molecule is Cc1cc(C#CCNC(=O)OC(C)(C)C)ccc1Cl. The van der Waals surface area contributed by atoms with Crippen LogP contribution >= 0.6 is 11.6 Å². The molecule has 4 heteroatoms. The summed E-state index contributed by atoms with van der Waals surface area (Å²) in [6.45, 7) is 7.61. The summed E-state index contributed by atoms with van der Waals surface area (Å²) in [5, 5.41) is 3.29. The highest BCUT2D eigenvalue weighted by atomic mass is 35.5. The molecule has 0 radical (unpaired) electrons. The van der Waals surface area contributed by atoms with Crippen LogP contribution in [0.15, 0.2) is 18.2 Å². The number of carbonyl (C=O) groups excluding carboxylic acids is 1. The zero-order valence-corrected chi connectivity index (χ0v) is 12.4. The lowest BCUT2D eigenvalue weighted by molar-refractivity contribution is 0.0535. The highest BCUT2D eigenvalue weighted by Crippen LogP contribution is 2.15. The fraction of sp³-hybridized carbons (Fsp3) is 0.400. The molecule has 1 amide bonds. The number of aryl methyl sites for hydroxylation is 1. The van der Waals surface area contributed by atoms with E-state index in [2.05, 4.69) is 17.2 Å². The third kappa shape index (κ3) is 6.17. The normalized spacial score (nSPS) is 10.4. The average Bonchev–Trinajstić information content (AvgIpc) is 2.27. The molecule has 0 atom stereocenters. The summed E-state index contributed by atoms with van der Waals surface area (Å²) in [6, 6.07) is 5.56. The van der Waals surface area contributed by atoms with Gasteiger partial charge < -0.3 is 10.1 Å². The molecule has 1 aromatic carbocycles. The Labute approximate surface area is 119 Å². The molecule has 0 bridgehead atoms. The van der Waals surface area contributed by atoms with Crippen LogP contribution in [0.1, 0.15) is 31.9 Å². The molecule has 0 saturated heterocycles. The Kier molecular flexibility index (Phi) is 5.26. The van der Waals surface area contributed by atoms with Crippen molar-refractivity contribution in [3.63, 3.8) is 0 Å². The van der Waals surface area contributed by atoms with Gasteiger partial charge in [-0.15, -0.1) is 0 Å². The summed E-state index contributed by atoms with van der Waals surface area (Å²) in [7, 11) is 0. The van der Waals surface area contributed by atoms with Gasteiger partial charge in [-0.1, -0.05) is 23.4 Å². The molecule has 0 aliphatic heterocycles. The molecule has 0 aliphatic rings. The van der Waals surface area contributed by atoms with Crippen LogP contribution in [0, 0.1) is 18.8 Å². The van der Waals surface area contributed by atoms with Crippen molar-refractivity contribution in [3.05, 3.63) is 34.3 Å². The van der Waals surface area contributed by atoms with Crippen LogP contribution in [0.2, 0.25) is 5.02 Å². The molecule has 0 fully saturated rings. The summed E-state index contributed by atoms with van der Waals surface area (Å²) >= 11 is 5.92. The highest BCUT2D eigenvalue weighted by molar-refractivity contribution is 6.31. The third-order valence-electron chi connectivity index (χ3n) is 2.11. The van der Waals surface area contributed by atoms with Crippen molar-refractivity contribution in [2.24, 2.45) is 0 Å². The largest absolute Gasteiger partial charge is 0.444 e. The summed E-state index contributed by atoms with van der Waals surface area (Å²) < 4.78 is 5.09. The second-order valence-corrected chi connectivity index (χ2v) is 5.53. The standard InChI is InChI=1S/C15H18ClNO2/c1-11-10-12(7-8-13(11)16)6-5-9-17-14(18)19-15(2,3)4/h7-8,10H,9H2,1-4H3,(H,17,18). The minimum Gasteiger partial charge on any atom is -0.444 e. The van der Waals surface area contributed by atoms with Crippen molar-refractivity contribution in [1.29, 1.82) is 0 Å². The number of hydrogen-bond donors (Lipinski definition) is 1. The van der Waals surface area contributed by atoms with Gasteiger partial charge in [0.1, 0.15) is 5.60 Å². The average molecular weight is 280 g/mol. The first-order valence-corrected chi connectivity index (χ1v) is 6.37. The first kappa shape index (κ1) is 15.4. The molecular weight excluding hydrogens is 262 g/mol. The molecule has 1 rings (SSSR count). The van der Waals surface area contributed by atoms with Crippen LogP contribution in [0.3, 0.4) is 0 Å². The number of halogens is 1. The molecule has 0 heterocycles. The van der Waals surface area contributed by atoms with Crippen molar-refractivity contribution in [3.8, 4) is 11.8 Å². The van der Waals surface area contributed by atoms with Crippen molar-refractivity contribution >= 4 is 17.7 Å². The first-order chi connectivity index (χ1) is 8.78. The number of rotatable bonds is 1. The smallest absolute Gasteiger partial charge is 0.408 e. The van der Waals surface area contributed by atoms with Gasteiger partial charge in [-0.3, -0.25) is 0 Å². The Morgan fingerprint density at radius 1 is 1.42 bits per heavy atom. The van der Waals surface area contributed by atoms with Gasteiger partial charge in [-0.25, -0.2) is 4.79 Å². The summed E-state index contributed by atoms with van der Waals surface area (Å²) in [5.41, 5.74) is 1.35. The number of alkyl carbamates (subject to hydrolysis) is 1. The first-order valence-electron chi connectivity index (χ1n) is 6.00. The number of benzene rings is 1. The van der Waals surface area contributed by atoms with Gasteiger partial charge in [0.05, 0.1) is 6.54 Å². The lowest BCUT2D eigenvalue weighted by Crippen LogP contribution is -2.32. The summed E-state index contributed by atoms with van der Waals surface area (Å²) in [4.78, 5) is 11.4. The molecule has 102 valence electrons. The topological polar surface area (TPSA) is 38.3 Å². The fourth-order valence-corrected chi connectivity index (χ4v) is 1.42. The van der Waals surface area contributed by atoms with Gasteiger partial charge >= 0.3 is 6.09 Å². The predicted molar refractivity (Wildman–Crippen MR) is 77.3 cm³/mol. The van der Waals surface area contributed by atoms with Gasteiger partial charge in [0.25, 0.3) is 0 Å². The number of amides is 1. The molecule has 0 aromatic heterocycles. The van der Waals surface area contributed by atoms with E-state index in [0.29, 0.717) is 0 Å². The van der Waals surface area contributed by atoms with Crippen molar-refractivity contribution in [2.75, 3.05) is 6.54 Å². The maximum absolute atomic E-state index is 11.4. The maximum Gasteiger partial charge on any atom is 0.408 e. The van der Waals surface area contributed by atoms with Crippen molar-refractivity contribution in [2.45, 2.75) is 33.3 Å². The highest BCUT2D eigenvalue weighted by Gasteiger charge is 2.14. The zero-order chi connectivity index (χ0) is 14.5. The molecule has 0 spiro atoms. The predicted octanol–water partition coefficient (Wildman–Crippen LogP) is 3.52. The van der Waals surface area contributed by atoms with E-state index in [4.69, 9.17) is 16.3 Å². The Hall–Kier alpha value is -1.66. The molecule has 3 nitrogen and oxygen atoms in total. The Balaban J connectivity index is 2.47. The number of nitrogens with one attached hydrogen (secondary N) is 1. The van der Waals surface area contributed by atoms with E-state index in [9.17, 15) is 4.79 Å². The molecule has 0 aliphatic carbocycles. The van der Waals surface area contributed by atoms with Gasteiger partial charge in [-0.05, 0) is 51.5 Å². The monoisotopic (exact) mass is 279 g/mol. The van der Waals surface area contributed by atoms with Crippen LogP contribution < -0.4 is 5.32 Å². The minimum absolute atomic E-state index is 0.247. The van der Waals surface area contributed by atoms with Gasteiger partial charge in [-0.2, -0.15) is 0 Å². The Morgan fingerprint density at radius 3 is 2.68 bits per heavy atom. The molecule has 19 heavy (non-hydrogen) atoms. The van der Waals surface area contributed by atoms with Gasteiger partial charge in [0.15, 0.2) is 0 Å². The summed E-state index contributed by atoms with van der Waals surface area (Å²) in [5.74, 6) is 5.81. The van der Waals surface area contributed by atoms with Gasteiger partial charge in [0.2, 0.25) is 0 Å². The quantitative estimate of drug-likeness (QED) is 0.799. The van der Waals surface area contributed by atoms with E-state index in [1.54, 1.807) is 0 Å². The molecule has 1 aromatic rings. The molecule has 1 N–H and O–H groups in total. The second-order valence-electron chi connectivity index (χ2n) is 5.12. The van der Waals surface area contributed by atoms with Crippen LogP contribution in [0.5, 0.6) is 0 Å². The van der Waals surface area contributed by atoms with Crippen molar-refractivity contribution < 1.29 is 9.53 Å². The van der Waals surface area contributed by atoms with E-state index in [-0.39, 0.29) is 6.54 Å². The lowest BCUT2D eigenvalue weighted by Gasteiger charge is -2.18. The summed E-state index contributed by atoms with van der Waals surface area (Å²) in [6.07, 6.45) is -0.464. The fourth-order valence-electron chi connectivity index (χ4n) is 1.30. The zero-order valence-electron chi connectivity index (χ0n) is 11.6. The molecular formula is C15H18ClNO2. The number of ether oxygens (including phenoxy) is 1. The molecule has 0 unspecified atom stereocenters. The Morgan fingerprint density at radius 2 is 2.11 bits per heavy atom. The number of hydrogen-bond acceptors (Lipinski definition) is 2. The molecule has 0 saturated carbocycles. The maximum atomic E-state index is 11.4. The van der Waals surface area contributed by atoms with E-state index in [1.807, 2.05) is 45.9 Å². The van der Waals surface area contributed by atoms with Crippen LogP contribution in [0.25, 0.3) is 0 Å². The minimum atomic E-state index is -0.495. The second kappa shape index (κ2) is 6.49. The third-order valence-corrected chi connectivity index (χ3v) is 2.53. The number of carbonyl (C=O) groups is 1. The van der Waals surface area contributed by atoms with Crippen LogP contribution in [-0.2, 0) is 4.74 Å².